The van der Waals surface area contributed by atoms with E-state index < -0.39 is 0 Å². The minimum absolute atomic E-state index is 0.155. The number of aryl methyl sites for hydroxylation is 1. The number of oxazole rings is 1. The maximum absolute atomic E-state index is 6.10. The van der Waals surface area contributed by atoms with Gasteiger partial charge in [0.25, 0.3) is 6.01 Å². The predicted molar refractivity (Wildman–Crippen MR) is 67.3 cm³/mol. The van der Waals surface area contributed by atoms with E-state index in [4.69, 9.17) is 26.5 Å². The molecule has 0 bridgehead atoms. The third kappa shape index (κ3) is 2.36. The number of hydrogen-bond acceptors (Lipinski definition) is 4. The van der Waals surface area contributed by atoms with Crippen LogP contribution in [0.1, 0.15) is 12.6 Å². The highest BCUT2D eigenvalue weighted by Gasteiger charge is 2.12. The van der Waals surface area contributed by atoms with Crippen molar-refractivity contribution in [3.8, 4) is 17.1 Å². The molecule has 0 amide bonds. The van der Waals surface area contributed by atoms with Crippen LogP contribution in [-0.4, -0.2) is 11.6 Å². The van der Waals surface area contributed by atoms with Crippen LogP contribution in [0.4, 0.5) is 6.01 Å². The fourth-order valence-corrected chi connectivity index (χ4v) is 1.83. The molecule has 0 fully saturated rings. The quantitative estimate of drug-likeness (QED) is 0.911. The molecule has 0 saturated carbocycles. The second-order valence-electron chi connectivity index (χ2n) is 3.54. The van der Waals surface area contributed by atoms with Gasteiger partial charge >= 0.3 is 0 Å². The molecule has 0 spiro atoms. The number of anilines is 1. The van der Waals surface area contributed by atoms with E-state index in [1.807, 2.05) is 19.9 Å². The summed E-state index contributed by atoms with van der Waals surface area (Å²) in [6.45, 7) is 4.32. The molecule has 2 N–H and O–H groups in total. The van der Waals surface area contributed by atoms with Gasteiger partial charge in [0.15, 0.2) is 5.76 Å². The summed E-state index contributed by atoms with van der Waals surface area (Å²) in [6.07, 6.45) is 0. The van der Waals surface area contributed by atoms with E-state index in [-0.39, 0.29) is 6.01 Å². The van der Waals surface area contributed by atoms with E-state index in [1.54, 1.807) is 12.1 Å². The van der Waals surface area contributed by atoms with E-state index in [1.165, 1.54) is 0 Å². The summed E-state index contributed by atoms with van der Waals surface area (Å²) in [6, 6.07) is 5.60. The minimum Gasteiger partial charge on any atom is -0.492 e. The summed E-state index contributed by atoms with van der Waals surface area (Å²) in [5, 5.41) is 0.540. The monoisotopic (exact) mass is 252 g/mol. The summed E-state index contributed by atoms with van der Waals surface area (Å²) in [5.41, 5.74) is 7.07. The van der Waals surface area contributed by atoms with Crippen molar-refractivity contribution in [1.82, 2.24) is 4.98 Å². The Morgan fingerprint density at radius 3 is 2.76 bits per heavy atom. The molecule has 1 heterocycles. The van der Waals surface area contributed by atoms with Crippen molar-refractivity contribution in [2.75, 3.05) is 12.3 Å². The Bertz CT molecular complexity index is 537. The smallest absolute Gasteiger partial charge is 0.292 e. The summed E-state index contributed by atoms with van der Waals surface area (Å²) < 4.78 is 10.7. The number of halogens is 1. The molecule has 2 aromatic rings. The van der Waals surface area contributed by atoms with E-state index in [0.29, 0.717) is 23.1 Å². The number of benzene rings is 1. The van der Waals surface area contributed by atoms with E-state index in [0.717, 1.165) is 11.3 Å². The summed E-state index contributed by atoms with van der Waals surface area (Å²) >= 11 is 6.10. The van der Waals surface area contributed by atoms with Crippen LogP contribution in [0.5, 0.6) is 5.75 Å². The van der Waals surface area contributed by atoms with Crippen LogP contribution < -0.4 is 10.5 Å². The predicted octanol–water partition coefficient (Wildman–Crippen LogP) is 3.28. The Labute approximate surface area is 104 Å². The Kier molecular flexibility index (Phi) is 3.24. The third-order valence-electron chi connectivity index (χ3n) is 2.31. The molecule has 2 rings (SSSR count). The molecule has 5 heteroatoms. The summed E-state index contributed by atoms with van der Waals surface area (Å²) in [4.78, 5) is 4.01. The molecule has 90 valence electrons. The van der Waals surface area contributed by atoms with Gasteiger partial charge in [-0.2, -0.15) is 4.98 Å². The van der Waals surface area contributed by atoms with Crippen molar-refractivity contribution < 1.29 is 9.15 Å². The second kappa shape index (κ2) is 4.67. The van der Waals surface area contributed by atoms with Gasteiger partial charge in [-0.05, 0) is 32.0 Å². The average molecular weight is 253 g/mol. The fourth-order valence-electron chi connectivity index (χ4n) is 1.60. The largest absolute Gasteiger partial charge is 0.492 e. The van der Waals surface area contributed by atoms with Crippen molar-refractivity contribution in [2.45, 2.75) is 13.8 Å². The zero-order valence-corrected chi connectivity index (χ0v) is 10.4. The first-order valence-corrected chi connectivity index (χ1v) is 5.65. The maximum Gasteiger partial charge on any atom is 0.292 e. The van der Waals surface area contributed by atoms with Crippen molar-refractivity contribution in [3.05, 3.63) is 28.9 Å². The van der Waals surface area contributed by atoms with Gasteiger partial charge in [0.1, 0.15) is 5.75 Å². The second-order valence-corrected chi connectivity index (χ2v) is 3.95. The maximum atomic E-state index is 6.10. The first-order chi connectivity index (χ1) is 8.11. The van der Waals surface area contributed by atoms with Crippen LogP contribution in [0.2, 0.25) is 5.02 Å². The van der Waals surface area contributed by atoms with E-state index >= 15 is 0 Å². The zero-order valence-electron chi connectivity index (χ0n) is 9.66. The topological polar surface area (TPSA) is 61.3 Å². The Balaban J connectivity index is 2.41. The highest BCUT2D eigenvalue weighted by atomic mass is 35.5. The van der Waals surface area contributed by atoms with E-state index in [2.05, 4.69) is 4.98 Å². The normalized spacial score (nSPS) is 10.5. The molecule has 17 heavy (non-hydrogen) atoms. The molecule has 0 aliphatic carbocycles. The number of ether oxygens (including phenoxy) is 1. The lowest BCUT2D eigenvalue weighted by Gasteiger charge is -2.06. The number of nitrogens with two attached hydrogens (primary N) is 1. The first-order valence-electron chi connectivity index (χ1n) is 5.27. The number of nitrogens with zero attached hydrogens (tertiary/aromatic N) is 1. The van der Waals surface area contributed by atoms with Gasteiger partial charge in [-0.25, -0.2) is 0 Å². The minimum atomic E-state index is 0.155. The standard InChI is InChI=1S/C12H13ClN2O2/c1-3-16-10-5-4-8(6-9(10)13)11-7(2)15-12(14)17-11/h4-6H,3H2,1-2H3,(H2,14,15). The van der Waals surface area contributed by atoms with Crippen LogP contribution >= 0.6 is 11.6 Å². The fraction of sp³-hybridized carbons (Fsp3) is 0.250. The molecule has 4 nitrogen and oxygen atoms in total. The Hall–Kier alpha value is -1.68. The van der Waals surface area contributed by atoms with Crippen LogP contribution in [-0.2, 0) is 0 Å². The molecule has 1 aromatic carbocycles. The van der Waals surface area contributed by atoms with Crippen molar-refractivity contribution in [1.29, 1.82) is 0 Å². The Morgan fingerprint density at radius 2 is 2.24 bits per heavy atom. The number of aromatic nitrogens is 1. The van der Waals surface area contributed by atoms with Crippen LogP contribution in [0, 0.1) is 6.92 Å². The highest BCUT2D eigenvalue weighted by Crippen LogP contribution is 2.32. The SMILES string of the molecule is CCOc1ccc(-c2oc(N)nc2C)cc1Cl. The zero-order chi connectivity index (χ0) is 12.4. The van der Waals surface area contributed by atoms with Crippen molar-refractivity contribution in [3.63, 3.8) is 0 Å². The third-order valence-corrected chi connectivity index (χ3v) is 2.60. The number of nitrogen functional groups attached to an aromatic ring is 1. The first kappa shape index (κ1) is 11.8. The van der Waals surface area contributed by atoms with Gasteiger partial charge in [0.2, 0.25) is 0 Å². The highest BCUT2D eigenvalue weighted by molar-refractivity contribution is 6.32. The van der Waals surface area contributed by atoms with Gasteiger partial charge in [0, 0.05) is 5.56 Å². The molecule has 0 aliphatic heterocycles. The molecular formula is C12H13ClN2O2. The van der Waals surface area contributed by atoms with Gasteiger partial charge in [-0.3, -0.25) is 0 Å². The van der Waals surface area contributed by atoms with Gasteiger partial charge in [-0.1, -0.05) is 11.6 Å². The Morgan fingerprint density at radius 1 is 1.47 bits per heavy atom. The van der Waals surface area contributed by atoms with Gasteiger partial charge in [0.05, 0.1) is 17.3 Å². The van der Waals surface area contributed by atoms with Gasteiger partial charge in [-0.15, -0.1) is 0 Å². The summed E-state index contributed by atoms with van der Waals surface area (Å²) in [7, 11) is 0. The molecule has 0 aliphatic rings. The van der Waals surface area contributed by atoms with Crippen molar-refractivity contribution >= 4 is 17.6 Å². The van der Waals surface area contributed by atoms with Crippen LogP contribution in [0.15, 0.2) is 22.6 Å². The summed E-state index contributed by atoms with van der Waals surface area (Å²) in [5.74, 6) is 1.29. The lowest BCUT2D eigenvalue weighted by Crippen LogP contribution is -1.92. The van der Waals surface area contributed by atoms with Gasteiger partial charge < -0.3 is 14.9 Å². The number of rotatable bonds is 3. The number of hydrogen-bond donors (Lipinski definition) is 1. The van der Waals surface area contributed by atoms with E-state index in [9.17, 15) is 0 Å². The van der Waals surface area contributed by atoms with Crippen LogP contribution in [0.25, 0.3) is 11.3 Å². The molecular weight excluding hydrogens is 240 g/mol. The molecule has 0 atom stereocenters. The average Bonchev–Trinajstić information content (AvgIpc) is 2.61. The molecule has 0 saturated heterocycles. The lowest BCUT2D eigenvalue weighted by molar-refractivity contribution is 0.340. The van der Waals surface area contributed by atoms with Crippen LogP contribution in [0.3, 0.4) is 0 Å². The lowest BCUT2D eigenvalue weighted by atomic mass is 10.1. The molecule has 0 radical (unpaired) electrons. The molecule has 1 aromatic heterocycles. The van der Waals surface area contributed by atoms with Crippen molar-refractivity contribution in [2.24, 2.45) is 0 Å². The molecule has 0 unspecified atom stereocenters.